The molecule has 8 heteroatoms. The molecule has 0 bridgehead atoms. The molecule has 8 nitrogen and oxygen atoms in total. The quantitative estimate of drug-likeness (QED) is 0.532. The number of carbonyl (C=O) groups is 1. The van der Waals surface area contributed by atoms with E-state index in [0.29, 0.717) is 36.0 Å². The van der Waals surface area contributed by atoms with Gasteiger partial charge in [0.05, 0.1) is 25.6 Å². The van der Waals surface area contributed by atoms with E-state index < -0.39 is 0 Å². The lowest BCUT2D eigenvalue weighted by molar-refractivity contribution is 0.0704. The summed E-state index contributed by atoms with van der Waals surface area (Å²) >= 11 is 0. The van der Waals surface area contributed by atoms with Crippen molar-refractivity contribution in [2.24, 2.45) is 0 Å². The first-order valence-corrected chi connectivity index (χ1v) is 7.95. The molecule has 4 heterocycles. The van der Waals surface area contributed by atoms with Gasteiger partial charge < -0.3 is 13.7 Å². The molecule has 0 unspecified atom stereocenters. The van der Waals surface area contributed by atoms with Crippen LogP contribution in [-0.2, 0) is 13.1 Å². The summed E-state index contributed by atoms with van der Waals surface area (Å²) in [5.74, 6) is 1.73. The van der Waals surface area contributed by atoms with Crippen molar-refractivity contribution in [3.63, 3.8) is 0 Å². The topological polar surface area (TPSA) is 90.2 Å². The second kappa shape index (κ2) is 7.06. The van der Waals surface area contributed by atoms with Gasteiger partial charge in [-0.1, -0.05) is 0 Å². The van der Waals surface area contributed by atoms with Crippen molar-refractivity contribution in [2.45, 2.75) is 13.1 Å². The summed E-state index contributed by atoms with van der Waals surface area (Å²) in [7, 11) is 0. The summed E-state index contributed by atoms with van der Waals surface area (Å²) in [6.07, 6.45) is 7.68. The van der Waals surface area contributed by atoms with Crippen molar-refractivity contribution >= 4 is 5.91 Å². The van der Waals surface area contributed by atoms with Crippen LogP contribution in [0.4, 0.5) is 0 Å². The number of amides is 1. The van der Waals surface area contributed by atoms with Crippen LogP contribution in [0.15, 0.2) is 76.6 Å². The summed E-state index contributed by atoms with van der Waals surface area (Å²) in [6.45, 7) is 0.654. The average Bonchev–Trinajstić information content (AvgIpc) is 3.43. The zero-order valence-corrected chi connectivity index (χ0v) is 13.7. The Labute approximate surface area is 148 Å². The second-order valence-electron chi connectivity index (χ2n) is 5.56. The maximum atomic E-state index is 13.1. The van der Waals surface area contributed by atoms with E-state index >= 15 is 0 Å². The molecule has 0 N–H and O–H groups in total. The normalized spacial score (nSPS) is 10.8. The van der Waals surface area contributed by atoms with Crippen LogP contribution < -0.4 is 0 Å². The summed E-state index contributed by atoms with van der Waals surface area (Å²) < 4.78 is 12.3. The van der Waals surface area contributed by atoms with Crippen LogP contribution in [0.2, 0.25) is 0 Å². The Hall–Kier alpha value is -3.68. The Morgan fingerprint density at radius 2 is 1.81 bits per heavy atom. The standard InChI is InChI=1S/C18H15N5O3/c24-18(14-5-6-20-17(9-14)23-13-19-12-21-23)22(10-15-3-1-7-25-15)11-16-4-2-8-26-16/h1-9,12-13H,10-11H2. The molecular weight excluding hydrogens is 334 g/mol. The Balaban J connectivity index is 1.62. The molecule has 4 aromatic heterocycles. The minimum absolute atomic E-state index is 0.165. The third-order valence-corrected chi connectivity index (χ3v) is 3.79. The molecule has 0 aromatic carbocycles. The predicted octanol–water partition coefficient (Wildman–Crippen LogP) is 2.69. The highest BCUT2D eigenvalue weighted by Crippen LogP contribution is 2.16. The molecule has 0 aliphatic rings. The molecule has 0 saturated carbocycles. The molecule has 0 aliphatic carbocycles. The van der Waals surface area contributed by atoms with Gasteiger partial charge >= 0.3 is 0 Å². The van der Waals surface area contributed by atoms with Gasteiger partial charge in [-0.25, -0.2) is 14.6 Å². The molecule has 4 rings (SSSR count). The molecule has 1 amide bonds. The van der Waals surface area contributed by atoms with Crippen LogP contribution in [-0.4, -0.2) is 30.6 Å². The molecule has 0 spiro atoms. The number of aromatic nitrogens is 4. The summed E-state index contributed by atoms with van der Waals surface area (Å²) in [6, 6.07) is 10.6. The Morgan fingerprint density at radius 1 is 1.08 bits per heavy atom. The first kappa shape index (κ1) is 15.8. The van der Waals surface area contributed by atoms with E-state index in [1.165, 1.54) is 17.3 Å². The van der Waals surface area contributed by atoms with Crippen LogP contribution in [0.1, 0.15) is 21.9 Å². The third-order valence-electron chi connectivity index (χ3n) is 3.79. The fraction of sp³-hybridized carbons (Fsp3) is 0.111. The predicted molar refractivity (Wildman–Crippen MR) is 90.1 cm³/mol. The van der Waals surface area contributed by atoms with E-state index in [-0.39, 0.29) is 5.91 Å². The Morgan fingerprint density at radius 3 is 2.38 bits per heavy atom. The molecule has 130 valence electrons. The van der Waals surface area contributed by atoms with Crippen LogP contribution in [0.25, 0.3) is 5.82 Å². The third kappa shape index (κ3) is 3.39. The van der Waals surface area contributed by atoms with Gasteiger partial charge in [0.25, 0.3) is 5.91 Å². The van der Waals surface area contributed by atoms with Gasteiger partial charge in [-0.2, -0.15) is 5.10 Å². The number of nitrogens with zero attached hydrogens (tertiary/aromatic N) is 5. The van der Waals surface area contributed by atoms with Gasteiger partial charge in [0.1, 0.15) is 24.2 Å². The van der Waals surface area contributed by atoms with E-state index in [2.05, 4.69) is 15.1 Å². The van der Waals surface area contributed by atoms with Gasteiger partial charge in [-0.15, -0.1) is 0 Å². The van der Waals surface area contributed by atoms with Crippen LogP contribution in [0.5, 0.6) is 0 Å². The molecule has 0 aliphatic heterocycles. The Bertz CT molecular complexity index is 926. The Kier molecular flexibility index (Phi) is 4.29. The minimum Gasteiger partial charge on any atom is -0.467 e. The molecule has 0 fully saturated rings. The number of carbonyl (C=O) groups excluding carboxylic acids is 1. The fourth-order valence-electron chi connectivity index (χ4n) is 2.57. The van der Waals surface area contributed by atoms with E-state index in [4.69, 9.17) is 8.83 Å². The highest BCUT2D eigenvalue weighted by Gasteiger charge is 2.20. The number of hydrogen-bond donors (Lipinski definition) is 0. The van der Waals surface area contributed by atoms with Gasteiger partial charge in [0.15, 0.2) is 5.82 Å². The van der Waals surface area contributed by atoms with Crippen LogP contribution in [0.3, 0.4) is 0 Å². The van der Waals surface area contributed by atoms with Gasteiger partial charge in [0.2, 0.25) is 0 Å². The van der Waals surface area contributed by atoms with Crippen molar-refractivity contribution in [2.75, 3.05) is 0 Å². The van der Waals surface area contributed by atoms with Crippen molar-refractivity contribution in [3.8, 4) is 5.82 Å². The highest BCUT2D eigenvalue weighted by molar-refractivity contribution is 5.94. The number of hydrogen-bond acceptors (Lipinski definition) is 6. The zero-order valence-electron chi connectivity index (χ0n) is 13.7. The lowest BCUT2D eigenvalue weighted by atomic mass is 10.2. The van der Waals surface area contributed by atoms with Crippen molar-refractivity contribution in [1.82, 2.24) is 24.6 Å². The van der Waals surface area contributed by atoms with Crippen LogP contribution in [0, 0.1) is 0 Å². The first-order chi connectivity index (χ1) is 12.8. The lowest BCUT2D eigenvalue weighted by Gasteiger charge is -2.21. The van der Waals surface area contributed by atoms with Gasteiger partial charge in [-0.3, -0.25) is 4.79 Å². The molecule has 0 atom stereocenters. The highest BCUT2D eigenvalue weighted by atomic mass is 16.3. The van der Waals surface area contributed by atoms with E-state index in [1.807, 2.05) is 12.1 Å². The molecule has 0 radical (unpaired) electrons. The van der Waals surface area contributed by atoms with E-state index in [9.17, 15) is 4.79 Å². The minimum atomic E-state index is -0.165. The monoisotopic (exact) mass is 349 g/mol. The van der Waals surface area contributed by atoms with Crippen molar-refractivity contribution in [3.05, 3.63) is 84.9 Å². The van der Waals surface area contributed by atoms with Gasteiger partial charge in [0, 0.05) is 11.8 Å². The molecule has 0 saturated heterocycles. The summed E-state index contributed by atoms with van der Waals surface area (Å²) in [5.41, 5.74) is 0.489. The summed E-state index contributed by atoms with van der Waals surface area (Å²) in [4.78, 5) is 22.9. The van der Waals surface area contributed by atoms with E-state index in [1.54, 1.807) is 47.9 Å². The number of furan rings is 2. The van der Waals surface area contributed by atoms with Crippen molar-refractivity contribution in [1.29, 1.82) is 0 Å². The fourth-order valence-corrected chi connectivity index (χ4v) is 2.57. The maximum Gasteiger partial charge on any atom is 0.254 e. The maximum absolute atomic E-state index is 13.1. The molecule has 26 heavy (non-hydrogen) atoms. The number of rotatable bonds is 6. The first-order valence-electron chi connectivity index (χ1n) is 7.95. The molecule has 4 aromatic rings. The molecular formula is C18H15N5O3. The largest absolute Gasteiger partial charge is 0.467 e. The van der Waals surface area contributed by atoms with E-state index in [0.717, 1.165) is 0 Å². The SMILES string of the molecule is O=C(c1ccnc(-n2cncn2)c1)N(Cc1ccco1)Cc1ccco1. The number of pyridine rings is 1. The van der Waals surface area contributed by atoms with Crippen molar-refractivity contribution < 1.29 is 13.6 Å². The van der Waals surface area contributed by atoms with Crippen LogP contribution >= 0.6 is 0 Å². The lowest BCUT2D eigenvalue weighted by Crippen LogP contribution is -2.30. The smallest absolute Gasteiger partial charge is 0.254 e. The average molecular weight is 349 g/mol. The van der Waals surface area contributed by atoms with Gasteiger partial charge in [-0.05, 0) is 36.4 Å². The second-order valence-corrected chi connectivity index (χ2v) is 5.56. The zero-order chi connectivity index (χ0) is 17.8. The summed E-state index contributed by atoms with van der Waals surface area (Å²) in [5, 5.41) is 4.04.